The van der Waals surface area contributed by atoms with Gasteiger partial charge in [0, 0.05) is 0 Å². The summed E-state index contributed by atoms with van der Waals surface area (Å²) in [6.45, 7) is 4.06. The predicted octanol–water partition coefficient (Wildman–Crippen LogP) is 3.08. The van der Waals surface area contributed by atoms with Crippen molar-refractivity contribution < 1.29 is 4.74 Å². The molecule has 0 bridgehead atoms. The van der Waals surface area contributed by atoms with Crippen molar-refractivity contribution in [3.63, 3.8) is 0 Å². The maximum atomic E-state index is 5.54. The fraction of sp³-hybridized carbons (Fsp3) is 0.333. The van der Waals surface area contributed by atoms with Crippen molar-refractivity contribution in [3.05, 3.63) is 27.8 Å². The zero-order chi connectivity index (χ0) is 8.27. The van der Waals surface area contributed by atoms with Gasteiger partial charge in [-0.3, -0.25) is 0 Å². The summed E-state index contributed by atoms with van der Waals surface area (Å²) in [6.07, 6.45) is 0.255. The van der Waals surface area contributed by atoms with E-state index in [0.717, 1.165) is 5.75 Å². The van der Waals surface area contributed by atoms with Gasteiger partial charge in [0.15, 0.2) is 0 Å². The van der Waals surface area contributed by atoms with Gasteiger partial charge >= 0.3 is 0 Å². The zero-order valence-corrected chi connectivity index (χ0v) is 8.83. The fourth-order valence-corrected chi connectivity index (χ4v) is 1.31. The van der Waals surface area contributed by atoms with Crippen LogP contribution in [-0.2, 0) is 0 Å². The first-order valence-corrected chi connectivity index (χ1v) is 4.69. The van der Waals surface area contributed by atoms with E-state index in [-0.39, 0.29) is 6.10 Å². The Balaban J connectivity index is 2.78. The van der Waals surface area contributed by atoms with Crippen LogP contribution in [0.15, 0.2) is 24.3 Å². The molecule has 0 heterocycles. The van der Waals surface area contributed by atoms with Crippen LogP contribution >= 0.6 is 22.6 Å². The van der Waals surface area contributed by atoms with Crippen LogP contribution in [0.3, 0.4) is 0 Å². The number of para-hydroxylation sites is 1. The largest absolute Gasteiger partial charge is 0.490 e. The first kappa shape index (κ1) is 8.84. The molecule has 0 amide bonds. The molecular weight excluding hydrogens is 251 g/mol. The van der Waals surface area contributed by atoms with E-state index in [4.69, 9.17) is 4.74 Å². The second-order valence-electron chi connectivity index (χ2n) is 2.60. The highest BCUT2D eigenvalue weighted by atomic mass is 127. The average molecular weight is 262 g/mol. The Morgan fingerprint density at radius 2 is 1.91 bits per heavy atom. The molecule has 0 aliphatic rings. The van der Waals surface area contributed by atoms with Crippen LogP contribution in [0.4, 0.5) is 0 Å². The van der Waals surface area contributed by atoms with Gasteiger partial charge in [-0.15, -0.1) is 0 Å². The maximum absolute atomic E-state index is 5.54. The monoisotopic (exact) mass is 262 g/mol. The lowest BCUT2D eigenvalue weighted by molar-refractivity contribution is 0.240. The van der Waals surface area contributed by atoms with Crippen molar-refractivity contribution >= 4 is 22.6 Å². The summed E-state index contributed by atoms with van der Waals surface area (Å²) in [6, 6.07) is 8.02. The molecule has 0 unspecified atom stereocenters. The van der Waals surface area contributed by atoms with Crippen molar-refractivity contribution in [3.8, 4) is 5.75 Å². The highest BCUT2D eigenvalue weighted by Gasteiger charge is 1.99. The molecule has 60 valence electrons. The van der Waals surface area contributed by atoms with Crippen molar-refractivity contribution in [2.75, 3.05) is 0 Å². The van der Waals surface area contributed by atoms with Crippen molar-refractivity contribution in [2.24, 2.45) is 0 Å². The Labute approximate surface area is 80.9 Å². The van der Waals surface area contributed by atoms with Crippen molar-refractivity contribution in [1.82, 2.24) is 0 Å². The van der Waals surface area contributed by atoms with Gasteiger partial charge in [0.2, 0.25) is 0 Å². The summed E-state index contributed by atoms with van der Waals surface area (Å²) in [5, 5.41) is 0. The van der Waals surface area contributed by atoms with Gasteiger partial charge in [-0.1, -0.05) is 12.1 Å². The lowest BCUT2D eigenvalue weighted by Crippen LogP contribution is -2.06. The van der Waals surface area contributed by atoms with E-state index >= 15 is 0 Å². The number of rotatable bonds is 2. The second-order valence-corrected chi connectivity index (χ2v) is 3.76. The molecule has 0 aliphatic carbocycles. The Hall–Kier alpha value is -0.250. The minimum absolute atomic E-state index is 0.255. The molecule has 1 nitrogen and oxygen atoms in total. The fourth-order valence-electron chi connectivity index (χ4n) is 0.794. The maximum Gasteiger partial charge on any atom is 0.132 e. The average Bonchev–Trinajstić information content (AvgIpc) is 1.93. The molecule has 0 fully saturated rings. The molecule has 2 heteroatoms. The quantitative estimate of drug-likeness (QED) is 0.744. The summed E-state index contributed by atoms with van der Waals surface area (Å²) >= 11 is 2.27. The molecule has 1 rings (SSSR count). The van der Waals surface area contributed by atoms with Crippen LogP contribution in [0.1, 0.15) is 13.8 Å². The van der Waals surface area contributed by atoms with Crippen LogP contribution in [0.25, 0.3) is 0 Å². The number of benzene rings is 1. The van der Waals surface area contributed by atoms with Crippen molar-refractivity contribution in [2.45, 2.75) is 20.0 Å². The molecule has 0 spiro atoms. The smallest absolute Gasteiger partial charge is 0.132 e. The van der Waals surface area contributed by atoms with Gasteiger partial charge < -0.3 is 4.74 Å². The van der Waals surface area contributed by atoms with Crippen LogP contribution in [0.5, 0.6) is 5.75 Å². The molecule has 0 saturated heterocycles. The SMILES string of the molecule is CC(C)Oc1ccccc1I. The summed E-state index contributed by atoms with van der Waals surface area (Å²) in [7, 11) is 0. The van der Waals surface area contributed by atoms with Crippen LogP contribution < -0.4 is 4.74 Å². The lowest BCUT2D eigenvalue weighted by Gasteiger charge is -2.10. The van der Waals surface area contributed by atoms with E-state index < -0.39 is 0 Å². The van der Waals surface area contributed by atoms with E-state index in [1.165, 1.54) is 3.57 Å². The lowest BCUT2D eigenvalue weighted by atomic mass is 10.3. The van der Waals surface area contributed by atoms with Gasteiger partial charge in [0.25, 0.3) is 0 Å². The Morgan fingerprint density at radius 3 is 2.45 bits per heavy atom. The molecule has 0 N–H and O–H groups in total. The molecule has 11 heavy (non-hydrogen) atoms. The summed E-state index contributed by atoms with van der Waals surface area (Å²) in [5.74, 6) is 0.975. The third-order valence-electron chi connectivity index (χ3n) is 1.20. The second kappa shape index (κ2) is 3.95. The number of halogens is 1. The number of hydrogen-bond donors (Lipinski definition) is 0. The zero-order valence-electron chi connectivity index (χ0n) is 6.67. The normalized spacial score (nSPS) is 10.2. The van der Waals surface area contributed by atoms with Gasteiger partial charge in [-0.05, 0) is 48.6 Å². The van der Waals surface area contributed by atoms with Crippen LogP contribution in [0, 0.1) is 3.57 Å². The first-order chi connectivity index (χ1) is 5.20. The molecular formula is C9H11IO. The first-order valence-electron chi connectivity index (χ1n) is 3.61. The van der Waals surface area contributed by atoms with Crippen molar-refractivity contribution in [1.29, 1.82) is 0 Å². The van der Waals surface area contributed by atoms with Gasteiger partial charge in [-0.2, -0.15) is 0 Å². The minimum atomic E-state index is 0.255. The van der Waals surface area contributed by atoms with E-state index in [9.17, 15) is 0 Å². The molecule has 1 aromatic rings. The Bertz CT molecular complexity index is 233. The van der Waals surface area contributed by atoms with Crippen LogP contribution in [0.2, 0.25) is 0 Å². The molecule has 1 aromatic carbocycles. The molecule has 0 atom stereocenters. The van der Waals surface area contributed by atoms with E-state index in [0.29, 0.717) is 0 Å². The topological polar surface area (TPSA) is 9.23 Å². The summed E-state index contributed by atoms with van der Waals surface area (Å²) in [4.78, 5) is 0. The minimum Gasteiger partial charge on any atom is -0.490 e. The predicted molar refractivity (Wildman–Crippen MR) is 54.9 cm³/mol. The van der Waals surface area contributed by atoms with Gasteiger partial charge in [-0.25, -0.2) is 0 Å². The number of hydrogen-bond acceptors (Lipinski definition) is 1. The Kier molecular flexibility index (Phi) is 3.17. The molecule has 0 aliphatic heterocycles. The standard InChI is InChI=1S/C9H11IO/c1-7(2)11-9-6-4-3-5-8(9)10/h3-7H,1-2H3. The van der Waals surface area contributed by atoms with E-state index in [1.54, 1.807) is 0 Å². The molecule has 0 aromatic heterocycles. The summed E-state index contributed by atoms with van der Waals surface area (Å²) < 4.78 is 6.70. The van der Waals surface area contributed by atoms with Gasteiger partial charge in [0.05, 0.1) is 9.67 Å². The highest BCUT2D eigenvalue weighted by Crippen LogP contribution is 2.20. The Morgan fingerprint density at radius 1 is 1.27 bits per heavy atom. The van der Waals surface area contributed by atoms with E-state index in [2.05, 4.69) is 22.6 Å². The summed E-state index contributed by atoms with van der Waals surface area (Å²) in [5.41, 5.74) is 0. The third-order valence-corrected chi connectivity index (χ3v) is 2.09. The molecule has 0 radical (unpaired) electrons. The van der Waals surface area contributed by atoms with Gasteiger partial charge in [0.1, 0.15) is 5.75 Å². The van der Waals surface area contributed by atoms with E-state index in [1.807, 2.05) is 38.1 Å². The highest BCUT2D eigenvalue weighted by molar-refractivity contribution is 14.1. The molecule has 0 saturated carbocycles. The third kappa shape index (κ3) is 2.69. The van der Waals surface area contributed by atoms with Crippen LogP contribution in [-0.4, -0.2) is 6.10 Å². The number of ether oxygens (including phenoxy) is 1.